The molecule has 5 rings (SSSR count). The van der Waals surface area contributed by atoms with Gasteiger partial charge in [-0.2, -0.15) is 0 Å². The standard InChI is InChI=1S/C30H23ClN4O6/c31-24-18(10-8-16-22-25(36)32-29(40)34(27(22)38)20-12-3-1-4-13-20)9-7-11-19(24)17-23-26(37)33-30(41)35(28(23)39)21-14-5-2-6-15-21/h1-6,8,10,12-17,39H,7,9,11H2,(H,32,36,40)(H,33,37,41)/b10-8+,19-17+,22-16+. The first-order valence-electron chi connectivity index (χ1n) is 12.6. The van der Waals surface area contributed by atoms with Gasteiger partial charge in [0.1, 0.15) is 11.1 Å². The molecule has 0 saturated carbocycles. The van der Waals surface area contributed by atoms with Crippen molar-refractivity contribution in [1.29, 1.82) is 0 Å². The number of halogens is 1. The molecule has 11 heteroatoms. The minimum Gasteiger partial charge on any atom is -0.494 e. The van der Waals surface area contributed by atoms with Crippen LogP contribution in [0.5, 0.6) is 5.88 Å². The molecular formula is C30H23ClN4O6. The molecule has 3 aromatic rings. The van der Waals surface area contributed by atoms with Crippen LogP contribution < -0.4 is 21.5 Å². The summed E-state index contributed by atoms with van der Waals surface area (Å²) in [6, 6.07) is 15.8. The molecule has 3 N–H and O–H groups in total. The lowest BCUT2D eigenvalue weighted by atomic mass is 9.93. The number of allylic oxidation sites excluding steroid dienone is 6. The van der Waals surface area contributed by atoms with Crippen molar-refractivity contribution in [2.45, 2.75) is 19.3 Å². The van der Waals surface area contributed by atoms with Gasteiger partial charge in [0.2, 0.25) is 5.88 Å². The van der Waals surface area contributed by atoms with Crippen molar-refractivity contribution < 1.29 is 19.5 Å². The minimum absolute atomic E-state index is 0.121. The third kappa shape index (κ3) is 5.45. The van der Waals surface area contributed by atoms with Crippen molar-refractivity contribution in [3.8, 4) is 11.6 Å². The summed E-state index contributed by atoms with van der Waals surface area (Å²) in [6.07, 6.45) is 7.65. The molecule has 4 amide bonds. The smallest absolute Gasteiger partial charge is 0.335 e. The number of nitrogens with zero attached hydrogens (tertiary/aromatic N) is 2. The highest BCUT2D eigenvalue weighted by molar-refractivity contribution is 6.37. The van der Waals surface area contributed by atoms with E-state index in [0.29, 0.717) is 46.8 Å². The van der Waals surface area contributed by atoms with Crippen molar-refractivity contribution in [2.75, 3.05) is 4.90 Å². The van der Waals surface area contributed by atoms with Crippen molar-refractivity contribution in [3.63, 3.8) is 0 Å². The quantitative estimate of drug-likeness (QED) is 0.312. The number of anilines is 1. The van der Waals surface area contributed by atoms with Gasteiger partial charge in [-0.05, 0) is 66.8 Å². The molecule has 1 saturated heterocycles. The van der Waals surface area contributed by atoms with E-state index in [2.05, 4.69) is 10.3 Å². The lowest BCUT2D eigenvalue weighted by Crippen LogP contribution is -2.54. The molecule has 206 valence electrons. The molecule has 1 aliphatic carbocycles. The van der Waals surface area contributed by atoms with Crippen LogP contribution in [0.2, 0.25) is 0 Å². The number of aromatic hydroxyl groups is 1. The Morgan fingerprint density at radius 1 is 0.878 bits per heavy atom. The predicted molar refractivity (Wildman–Crippen MR) is 154 cm³/mol. The van der Waals surface area contributed by atoms with Gasteiger partial charge in [0.05, 0.1) is 11.4 Å². The molecule has 0 spiro atoms. The van der Waals surface area contributed by atoms with Crippen LogP contribution in [0.3, 0.4) is 0 Å². The van der Waals surface area contributed by atoms with Crippen LogP contribution in [-0.4, -0.2) is 32.5 Å². The van der Waals surface area contributed by atoms with Gasteiger partial charge in [-0.1, -0.05) is 60.2 Å². The molecule has 0 unspecified atom stereocenters. The summed E-state index contributed by atoms with van der Waals surface area (Å²) in [4.78, 5) is 65.9. The van der Waals surface area contributed by atoms with Crippen LogP contribution in [-0.2, 0) is 9.59 Å². The highest BCUT2D eigenvalue weighted by Crippen LogP contribution is 2.35. The molecular weight excluding hydrogens is 548 g/mol. The summed E-state index contributed by atoms with van der Waals surface area (Å²) in [5.41, 5.74) is 0.0463. The number of benzene rings is 2. The number of amides is 4. The minimum atomic E-state index is -0.836. The van der Waals surface area contributed by atoms with Crippen LogP contribution in [0, 0.1) is 0 Å². The number of H-pyrrole nitrogens is 1. The maximum Gasteiger partial charge on any atom is 0.335 e. The second kappa shape index (κ2) is 11.5. The van der Waals surface area contributed by atoms with E-state index in [9.17, 15) is 29.1 Å². The van der Waals surface area contributed by atoms with Gasteiger partial charge < -0.3 is 5.11 Å². The number of carbonyl (C=O) groups excluding carboxylic acids is 3. The van der Waals surface area contributed by atoms with E-state index in [1.807, 2.05) is 0 Å². The molecule has 0 bridgehead atoms. The van der Waals surface area contributed by atoms with Crippen molar-refractivity contribution in [1.82, 2.24) is 14.9 Å². The first kappa shape index (κ1) is 27.4. The van der Waals surface area contributed by atoms with Gasteiger partial charge >= 0.3 is 11.7 Å². The number of aromatic amines is 1. The number of hydrogen-bond donors (Lipinski definition) is 3. The van der Waals surface area contributed by atoms with Crippen molar-refractivity contribution >= 4 is 41.2 Å². The zero-order valence-corrected chi connectivity index (χ0v) is 22.2. The molecule has 1 fully saturated rings. The topological polar surface area (TPSA) is 142 Å². The Bertz CT molecular complexity index is 1800. The Morgan fingerprint density at radius 2 is 1.54 bits per heavy atom. The highest BCUT2D eigenvalue weighted by Gasteiger charge is 2.36. The summed E-state index contributed by atoms with van der Waals surface area (Å²) in [7, 11) is 0. The van der Waals surface area contributed by atoms with E-state index < -0.39 is 35.0 Å². The Labute approximate surface area is 238 Å². The molecule has 1 aliphatic heterocycles. The normalized spacial score (nSPS) is 18.1. The number of hydrogen-bond acceptors (Lipinski definition) is 6. The lowest BCUT2D eigenvalue weighted by molar-refractivity contribution is -0.122. The highest BCUT2D eigenvalue weighted by atomic mass is 35.5. The second-order valence-electron chi connectivity index (χ2n) is 9.20. The lowest BCUT2D eigenvalue weighted by Gasteiger charge is -2.26. The number of carbonyl (C=O) groups is 3. The van der Waals surface area contributed by atoms with Gasteiger partial charge in [-0.15, -0.1) is 0 Å². The number of imide groups is 2. The van der Waals surface area contributed by atoms with E-state index in [-0.39, 0.29) is 11.1 Å². The summed E-state index contributed by atoms with van der Waals surface area (Å²) in [5, 5.41) is 13.4. The number of barbiturate groups is 1. The van der Waals surface area contributed by atoms with E-state index in [4.69, 9.17) is 11.6 Å². The maximum absolute atomic E-state index is 13.0. The average Bonchev–Trinajstić information content (AvgIpc) is 2.95. The molecule has 1 aromatic heterocycles. The zero-order valence-electron chi connectivity index (χ0n) is 21.5. The number of aromatic nitrogens is 2. The zero-order chi connectivity index (χ0) is 29.1. The Balaban J connectivity index is 1.46. The molecule has 2 aromatic carbocycles. The van der Waals surface area contributed by atoms with Gasteiger partial charge in [0.25, 0.3) is 17.4 Å². The second-order valence-corrected chi connectivity index (χ2v) is 9.58. The molecule has 2 heterocycles. The van der Waals surface area contributed by atoms with E-state index in [1.54, 1.807) is 66.7 Å². The Kier molecular flexibility index (Phi) is 7.66. The number of nitrogens with one attached hydrogen (secondary N) is 2. The van der Waals surface area contributed by atoms with Gasteiger partial charge in [0.15, 0.2) is 0 Å². The van der Waals surface area contributed by atoms with Crippen LogP contribution >= 0.6 is 11.6 Å². The fourth-order valence-corrected chi connectivity index (χ4v) is 4.90. The summed E-state index contributed by atoms with van der Waals surface area (Å²) >= 11 is 6.67. The average molecular weight is 571 g/mol. The van der Waals surface area contributed by atoms with Crippen LogP contribution in [0.4, 0.5) is 10.5 Å². The molecule has 10 nitrogen and oxygen atoms in total. The molecule has 0 atom stereocenters. The van der Waals surface area contributed by atoms with Crippen LogP contribution in [0.25, 0.3) is 11.8 Å². The fourth-order valence-electron chi connectivity index (χ4n) is 4.60. The van der Waals surface area contributed by atoms with Crippen LogP contribution in [0.15, 0.2) is 110 Å². The number of urea groups is 1. The SMILES string of the molecule is O=C1NC(=O)N(c2ccccc2)C(=O)/C1=C/C=C/C1=C(Cl)C(=C/c2c(O)n(-c3ccccc3)c(=O)[nH]c2=O)/CCC1. The van der Waals surface area contributed by atoms with E-state index in [0.717, 1.165) is 9.47 Å². The summed E-state index contributed by atoms with van der Waals surface area (Å²) in [6.45, 7) is 0. The van der Waals surface area contributed by atoms with Crippen LogP contribution in [0.1, 0.15) is 24.8 Å². The van der Waals surface area contributed by atoms with Gasteiger partial charge in [-0.25, -0.2) is 19.1 Å². The largest absolute Gasteiger partial charge is 0.494 e. The Morgan fingerprint density at radius 3 is 2.22 bits per heavy atom. The number of para-hydroxylation sites is 2. The first-order chi connectivity index (χ1) is 19.8. The molecule has 2 aliphatic rings. The Hall–Kier alpha value is -5.22. The molecule has 0 radical (unpaired) electrons. The van der Waals surface area contributed by atoms with E-state index in [1.165, 1.54) is 18.2 Å². The van der Waals surface area contributed by atoms with Gasteiger partial charge in [0, 0.05) is 5.03 Å². The predicted octanol–water partition coefficient (Wildman–Crippen LogP) is 4.06. The summed E-state index contributed by atoms with van der Waals surface area (Å²) < 4.78 is 0.997. The fraction of sp³-hybridized carbons (Fsp3) is 0.100. The van der Waals surface area contributed by atoms with Gasteiger partial charge in [-0.3, -0.25) is 24.7 Å². The van der Waals surface area contributed by atoms with Crippen molar-refractivity contribution in [2.24, 2.45) is 0 Å². The van der Waals surface area contributed by atoms with E-state index >= 15 is 0 Å². The third-order valence-corrected chi connectivity index (χ3v) is 7.07. The summed E-state index contributed by atoms with van der Waals surface area (Å²) in [5.74, 6) is -2.10. The first-order valence-corrected chi connectivity index (χ1v) is 13.0. The molecule has 41 heavy (non-hydrogen) atoms. The monoisotopic (exact) mass is 570 g/mol. The maximum atomic E-state index is 13.0. The third-order valence-electron chi connectivity index (χ3n) is 6.59. The van der Waals surface area contributed by atoms with Crippen molar-refractivity contribution in [3.05, 3.63) is 127 Å². The number of rotatable bonds is 5.